The van der Waals surface area contributed by atoms with E-state index in [9.17, 15) is 14.4 Å². The first-order valence-corrected chi connectivity index (χ1v) is 13.3. The van der Waals surface area contributed by atoms with E-state index < -0.39 is 42.9 Å². The Morgan fingerprint density at radius 3 is 2.58 bits per heavy atom. The van der Waals surface area contributed by atoms with Gasteiger partial charge in [-0.05, 0) is 44.2 Å². The van der Waals surface area contributed by atoms with Crippen LogP contribution in [0, 0.1) is 5.92 Å². The Hall–Kier alpha value is -3.86. The van der Waals surface area contributed by atoms with Crippen LogP contribution < -0.4 is 19.5 Å². The van der Waals surface area contributed by atoms with Crippen LogP contribution in [0.2, 0.25) is 0 Å². The van der Waals surface area contributed by atoms with Crippen molar-refractivity contribution in [2.45, 2.75) is 71.3 Å². The number of methoxy groups -OCH3 is 1. The van der Waals surface area contributed by atoms with Gasteiger partial charge in [-0.15, -0.1) is 0 Å². The van der Waals surface area contributed by atoms with Crippen molar-refractivity contribution in [2.24, 2.45) is 5.92 Å². The van der Waals surface area contributed by atoms with Crippen molar-refractivity contribution in [3.63, 3.8) is 0 Å². The number of hydrogen-bond donors (Lipinski definition) is 1. The second-order valence-electron chi connectivity index (χ2n) is 9.85. The van der Waals surface area contributed by atoms with Gasteiger partial charge in [0, 0.05) is 25.8 Å². The first-order valence-electron chi connectivity index (χ1n) is 13.3. The number of nitrogens with one attached hydrogen (secondary N) is 1. The van der Waals surface area contributed by atoms with Crippen LogP contribution in [0.25, 0.3) is 0 Å². The van der Waals surface area contributed by atoms with E-state index in [4.69, 9.17) is 28.4 Å². The minimum absolute atomic E-state index is 0.0213. The molecule has 1 aromatic heterocycles. The third-order valence-electron chi connectivity index (χ3n) is 6.13. The SMILES string of the molecule is COc1ccnc(C(=O)N[C@H]2CCC[C@H](OCC(C)C)[C@@H](Oc3ccccc3)[C@H](C)OC2=O)c1OCOC(C)=O. The molecule has 2 heterocycles. The van der Waals surface area contributed by atoms with Crippen LogP contribution in [-0.4, -0.2) is 67.7 Å². The van der Waals surface area contributed by atoms with Crippen LogP contribution >= 0.6 is 0 Å². The van der Waals surface area contributed by atoms with Crippen molar-refractivity contribution in [3.05, 3.63) is 48.3 Å². The van der Waals surface area contributed by atoms with Crippen LogP contribution in [0.1, 0.15) is 57.4 Å². The van der Waals surface area contributed by atoms with Crippen molar-refractivity contribution >= 4 is 17.8 Å². The monoisotopic (exact) mass is 558 g/mol. The summed E-state index contributed by atoms with van der Waals surface area (Å²) in [6.45, 7) is 7.20. The number of ether oxygens (including phenoxy) is 6. The fourth-order valence-corrected chi connectivity index (χ4v) is 4.18. The molecular weight excluding hydrogens is 520 g/mol. The van der Waals surface area contributed by atoms with Crippen molar-refractivity contribution in [2.75, 3.05) is 20.5 Å². The quantitative estimate of drug-likeness (QED) is 0.322. The lowest BCUT2D eigenvalue weighted by Crippen LogP contribution is -2.47. The molecule has 1 fully saturated rings. The Morgan fingerprint density at radius 2 is 1.90 bits per heavy atom. The molecule has 11 nitrogen and oxygen atoms in total. The number of carbonyl (C=O) groups is 3. The van der Waals surface area contributed by atoms with Crippen LogP contribution in [0.5, 0.6) is 17.2 Å². The summed E-state index contributed by atoms with van der Waals surface area (Å²) in [4.78, 5) is 41.8. The minimum Gasteiger partial charge on any atom is -0.493 e. The maximum Gasteiger partial charge on any atom is 0.329 e. The molecule has 0 unspecified atom stereocenters. The average Bonchev–Trinajstić information content (AvgIpc) is 2.97. The van der Waals surface area contributed by atoms with Gasteiger partial charge in [0.2, 0.25) is 6.79 Å². The number of benzene rings is 1. The van der Waals surface area contributed by atoms with Crippen LogP contribution in [-0.2, 0) is 23.8 Å². The van der Waals surface area contributed by atoms with Gasteiger partial charge in [-0.1, -0.05) is 32.0 Å². The Kier molecular flexibility index (Phi) is 11.6. The smallest absolute Gasteiger partial charge is 0.329 e. The van der Waals surface area contributed by atoms with Crippen molar-refractivity contribution in [3.8, 4) is 17.2 Å². The van der Waals surface area contributed by atoms with Crippen molar-refractivity contribution < 1.29 is 42.8 Å². The number of hydrogen-bond acceptors (Lipinski definition) is 10. The lowest BCUT2D eigenvalue weighted by atomic mass is 10.0. The highest BCUT2D eigenvalue weighted by atomic mass is 16.7. The molecule has 11 heteroatoms. The van der Waals surface area contributed by atoms with Crippen molar-refractivity contribution in [1.82, 2.24) is 10.3 Å². The number of esters is 2. The summed E-state index contributed by atoms with van der Waals surface area (Å²) >= 11 is 0. The molecule has 1 aliphatic heterocycles. The molecule has 3 rings (SSSR count). The highest BCUT2D eigenvalue weighted by Gasteiger charge is 2.37. The van der Waals surface area contributed by atoms with E-state index in [0.717, 1.165) is 0 Å². The third kappa shape index (κ3) is 8.84. The van der Waals surface area contributed by atoms with Gasteiger partial charge in [-0.2, -0.15) is 0 Å². The Bertz CT molecular complexity index is 1130. The summed E-state index contributed by atoms with van der Waals surface area (Å²) < 4.78 is 33.9. The van der Waals surface area contributed by atoms with Crippen molar-refractivity contribution in [1.29, 1.82) is 0 Å². The zero-order valence-electron chi connectivity index (χ0n) is 23.6. The number of carbonyl (C=O) groups excluding carboxylic acids is 3. The number of para-hydroxylation sites is 1. The lowest BCUT2D eigenvalue weighted by Gasteiger charge is -2.32. The fourth-order valence-electron chi connectivity index (χ4n) is 4.18. The van der Waals surface area contributed by atoms with Gasteiger partial charge in [0.1, 0.15) is 17.9 Å². The van der Waals surface area contributed by atoms with E-state index in [0.29, 0.717) is 37.5 Å². The lowest BCUT2D eigenvalue weighted by molar-refractivity contribution is -0.159. The van der Waals surface area contributed by atoms with E-state index in [1.54, 1.807) is 6.92 Å². The standard InChI is InChI=1S/C29H38N2O9/c1-18(2)16-36-24-13-9-12-22(29(34)39-19(3)26(24)40-21-10-7-6-8-11-21)31-28(33)25-27(38-17-37-20(4)32)23(35-5)14-15-30-25/h6-8,10-11,14-15,18-19,22,24,26H,9,12-13,16-17H2,1-5H3,(H,31,33)/t19-,22-,24-,26-/m0/s1. The van der Waals surface area contributed by atoms with Gasteiger partial charge < -0.3 is 33.7 Å². The summed E-state index contributed by atoms with van der Waals surface area (Å²) in [7, 11) is 1.40. The zero-order chi connectivity index (χ0) is 29.1. The summed E-state index contributed by atoms with van der Waals surface area (Å²) in [6, 6.07) is 9.85. The first kappa shape index (κ1) is 30.7. The highest BCUT2D eigenvalue weighted by Crippen LogP contribution is 2.30. The summed E-state index contributed by atoms with van der Waals surface area (Å²) in [5, 5.41) is 2.72. The summed E-state index contributed by atoms with van der Waals surface area (Å²) in [5.41, 5.74) is -0.129. The Balaban J connectivity index is 1.79. The molecule has 2 aromatic rings. The molecule has 1 amide bonds. The molecule has 1 aromatic carbocycles. The molecule has 1 aliphatic rings. The number of pyridine rings is 1. The van der Waals surface area contributed by atoms with Crippen LogP contribution in [0.4, 0.5) is 0 Å². The highest BCUT2D eigenvalue weighted by molar-refractivity contribution is 5.98. The van der Waals surface area contributed by atoms with Crippen LogP contribution in [0.3, 0.4) is 0 Å². The molecule has 1 N–H and O–H groups in total. The molecule has 4 atom stereocenters. The van der Waals surface area contributed by atoms with Gasteiger partial charge in [-0.25, -0.2) is 9.78 Å². The Labute approximate surface area is 234 Å². The molecule has 0 spiro atoms. The second-order valence-corrected chi connectivity index (χ2v) is 9.85. The van der Waals surface area contributed by atoms with Crippen LogP contribution in [0.15, 0.2) is 42.6 Å². The number of cyclic esters (lactones) is 1. The number of rotatable bonds is 11. The largest absolute Gasteiger partial charge is 0.493 e. The molecule has 1 saturated heterocycles. The normalized spacial score (nSPS) is 21.3. The van der Waals surface area contributed by atoms with E-state index in [1.165, 1.54) is 26.3 Å². The molecular formula is C29H38N2O9. The number of nitrogens with zero attached hydrogens (tertiary/aromatic N) is 1. The van der Waals surface area contributed by atoms with E-state index >= 15 is 0 Å². The summed E-state index contributed by atoms with van der Waals surface area (Å²) in [5.74, 6) is -0.685. The second kappa shape index (κ2) is 15.1. The predicted octanol–water partition coefficient (Wildman–Crippen LogP) is 3.69. The molecule has 0 saturated carbocycles. The van der Waals surface area contributed by atoms with E-state index in [2.05, 4.69) is 24.1 Å². The topological polar surface area (TPSA) is 132 Å². The van der Waals surface area contributed by atoms with E-state index in [1.807, 2.05) is 30.3 Å². The van der Waals surface area contributed by atoms with Gasteiger partial charge in [0.15, 0.2) is 23.3 Å². The molecule has 0 bridgehead atoms. The summed E-state index contributed by atoms with van der Waals surface area (Å²) in [6.07, 6.45) is 1.28. The predicted molar refractivity (Wildman–Crippen MR) is 144 cm³/mol. The van der Waals surface area contributed by atoms with Gasteiger partial charge >= 0.3 is 11.9 Å². The number of amides is 1. The molecule has 0 radical (unpaired) electrons. The molecule has 218 valence electrons. The Morgan fingerprint density at radius 1 is 1.15 bits per heavy atom. The number of aromatic nitrogens is 1. The van der Waals surface area contributed by atoms with E-state index in [-0.39, 0.29) is 23.3 Å². The maximum absolute atomic E-state index is 13.3. The third-order valence-corrected chi connectivity index (χ3v) is 6.13. The fraction of sp³-hybridized carbons (Fsp3) is 0.517. The first-order chi connectivity index (χ1) is 19.2. The van der Waals surface area contributed by atoms with Gasteiger partial charge in [0.05, 0.1) is 13.2 Å². The van der Waals surface area contributed by atoms with Gasteiger partial charge in [-0.3, -0.25) is 9.59 Å². The molecule has 40 heavy (non-hydrogen) atoms. The average molecular weight is 559 g/mol. The molecule has 0 aliphatic carbocycles. The minimum atomic E-state index is -0.953. The van der Waals surface area contributed by atoms with Gasteiger partial charge in [0.25, 0.3) is 5.91 Å². The zero-order valence-corrected chi connectivity index (χ0v) is 23.6. The maximum atomic E-state index is 13.3.